The Morgan fingerprint density at radius 1 is 1.21 bits per heavy atom. The number of halogens is 1. The van der Waals surface area contributed by atoms with E-state index in [1.54, 1.807) is 18.1 Å². The van der Waals surface area contributed by atoms with Crippen molar-refractivity contribution in [2.75, 3.05) is 11.9 Å². The zero-order chi connectivity index (χ0) is 14.0. The number of amides is 1. The van der Waals surface area contributed by atoms with Crippen LogP contribution < -0.4 is 4.90 Å². The van der Waals surface area contributed by atoms with E-state index in [4.69, 9.17) is 0 Å². The van der Waals surface area contributed by atoms with Gasteiger partial charge in [-0.25, -0.2) is 4.98 Å². The van der Waals surface area contributed by atoms with Crippen LogP contribution in [0.15, 0.2) is 41.0 Å². The molecule has 98 valence electrons. The Labute approximate surface area is 121 Å². The maximum absolute atomic E-state index is 12.5. The van der Waals surface area contributed by atoms with Crippen molar-refractivity contribution in [3.8, 4) is 0 Å². The van der Waals surface area contributed by atoms with Gasteiger partial charge in [0, 0.05) is 23.3 Å². The SMILES string of the molecule is Cc1ccc(C(=O)N(C)c2cc(Br)ccn2)c(C)c1. The van der Waals surface area contributed by atoms with Crippen LogP contribution in [-0.4, -0.2) is 17.9 Å². The molecule has 1 heterocycles. The predicted octanol–water partition coefficient (Wildman–Crippen LogP) is 3.74. The van der Waals surface area contributed by atoms with Crippen molar-refractivity contribution in [2.24, 2.45) is 0 Å². The van der Waals surface area contributed by atoms with Crippen molar-refractivity contribution in [2.45, 2.75) is 13.8 Å². The Balaban J connectivity index is 2.33. The van der Waals surface area contributed by atoms with Gasteiger partial charge in [-0.15, -0.1) is 0 Å². The Kier molecular flexibility index (Phi) is 4.00. The molecular weight excluding hydrogens is 304 g/mol. The third kappa shape index (κ3) is 3.01. The number of hydrogen-bond acceptors (Lipinski definition) is 2. The van der Waals surface area contributed by atoms with Crippen LogP contribution in [0.4, 0.5) is 5.82 Å². The molecule has 0 saturated heterocycles. The molecule has 0 atom stereocenters. The maximum Gasteiger partial charge on any atom is 0.259 e. The molecule has 0 N–H and O–H groups in total. The Morgan fingerprint density at radius 2 is 1.95 bits per heavy atom. The lowest BCUT2D eigenvalue weighted by atomic mass is 10.0. The van der Waals surface area contributed by atoms with Gasteiger partial charge in [-0.1, -0.05) is 33.6 Å². The second-order valence-electron chi connectivity index (χ2n) is 4.51. The number of hydrogen-bond donors (Lipinski definition) is 0. The number of nitrogens with zero attached hydrogens (tertiary/aromatic N) is 2. The predicted molar refractivity (Wildman–Crippen MR) is 80.6 cm³/mol. The third-order valence-electron chi connectivity index (χ3n) is 2.97. The van der Waals surface area contributed by atoms with E-state index in [1.165, 1.54) is 0 Å². The highest BCUT2D eigenvalue weighted by molar-refractivity contribution is 9.10. The highest BCUT2D eigenvalue weighted by atomic mass is 79.9. The summed E-state index contributed by atoms with van der Waals surface area (Å²) in [6, 6.07) is 9.47. The molecular formula is C15H15BrN2O. The van der Waals surface area contributed by atoms with Crippen LogP contribution >= 0.6 is 15.9 Å². The van der Waals surface area contributed by atoms with Crippen LogP contribution in [0.2, 0.25) is 0 Å². The van der Waals surface area contributed by atoms with E-state index in [2.05, 4.69) is 20.9 Å². The molecule has 0 bridgehead atoms. The summed E-state index contributed by atoms with van der Waals surface area (Å²) in [6.45, 7) is 3.96. The lowest BCUT2D eigenvalue weighted by Gasteiger charge is -2.17. The number of carbonyl (C=O) groups excluding carboxylic acids is 1. The summed E-state index contributed by atoms with van der Waals surface area (Å²) >= 11 is 3.38. The number of rotatable bonds is 2. The minimum Gasteiger partial charge on any atom is -0.296 e. The van der Waals surface area contributed by atoms with Gasteiger partial charge in [-0.05, 0) is 37.6 Å². The topological polar surface area (TPSA) is 33.2 Å². The van der Waals surface area contributed by atoms with Gasteiger partial charge in [0.25, 0.3) is 5.91 Å². The summed E-state index contributed by atoms with van der Waals surface area (Å²) in [6.07, 6.45) is 1.67. The zero-order valence-electron chi connectivity index (χ0n) is 11.1. The lowest BCUT2D eigenvalue weighted by Crippen LogP contribution is -2.27. The first-order chi connectivity index (χ1) is 8.99. The fraction of sp³-hybridized carbons (Fsp3) is 0.200. The summed E-state index contributed by atoms with van der Waals surface area (Å²) in [7, 11) is 1.73. The van der Waals surface area contributed by atoms with Gasteiger partial charge in [0.15, 0.2) is 0 Å². The molecule has 0 saturated carbocycles. The molecule has 2 aromatic rings. The molecule has 19 heavy (non-hydrogen) atoms. The lowest BCUT2D eigenvalue weighted by molar-refractivity contribution is 0.0991. The fourth-order valence-corrected chi connectivity index (χ4v) is 2.24. The number of benzene rings is 1. The van der Waals surface area contributed by atoms with Crippen LogP contribution in [0, 0.1) is 13.8 Å². The first-order valence-electron chi connectivity index (χ1n) is 5.96. The second kappa shape index (κ2) is 5.53. The number of anilines is 1. The van der Waals surface area contributed by atoms with E-state index >= 15 is 0 Å². The molecule has 0 radical (unpaired) electrons. The molecule has 2 rings (SSSR count). The van der Waals surface area contributed by atoms with Gasteiger partial charge in [0.05, 0.1) is 0 Å². The molecule has 1 amide bonds. The maximum atomic E-state index is 12.5. The van der Waals surface area contributed by atoms with Gasteiger partial charge in [-0.2, -0.15) is 0 Å². The largest absolute Gasteiger partial charge is 0.296 e. The van der Waals surface area contributed by atoms with E-state index < -0.39 is 0 Å². The summed E-state index contributed by atoms with van der Waals surface area (Å²) in [5, 5.41) is 0. The van der Waals surface area contributed by atoms with E-state index in [1.807, 2.05) is 44.2 Å². The van der Waals surface area contributed by atoms with Gasteiger partial charge < -0.3 is 0 Å². The second-order valence-corrected chi connectivity index (χ2v) is 5.43. The average molecular weight is 319 g/mol. The van der Waals surface area contributed by atoms with Gasteiger partial charge in [-0.3, -0.25) is 9.69 Å². The van der Waals surface area contributed by atoms with Crippen LogP contribution in [0.25, 0.3) is 0 Å². The van der Waals surface area contributed by atoms with Crippen LogP contribution in [0.5, 0.6) is 0 Å². The molecule has 0 spiro atoms. The Morgan fingerprint density at radius 3 is 2.58 bits per heavy atom. The van der Waals surface area contributed by atoms with Crippen molar-refractivity contribution in [3.63, 3.8) is 0 Å². The summed E-state index contributed by atoms with van der Waals surface area (Å²) in [5.41, 5.74) is 2.83. The van der Waals surface area contributed by atoms with Crippen molar-refractivity contribution in [1.29, 1.82) is 0 Å². The fourth-order valence-electron chi connectivity index (χ4n) is 1.92. The number of carbonyl (C=O) groups is 1. The zero-order valence-corrected chi connectivity index (χ0v) is 12.7. The number of aryl methyl sites for hydroxylation is 2. The van der Waals surface area contributed by atoms with Crippen LogP contribution in [-0.2, 0) is 0 Å². The Hall–Kier alpha value is -1.68. The van der Waals surface area contributed by atoms with E-state index in [0.29, 0.717) is 11.4 Å². The number of aromatic nitrogens is 1. The Bertz CT molecular complexity index is 625. The minimum atomic E-state index is -0.0527. The first kappa shape index (κ1) is 13.7. The van der Waals surface area contributed by atoms with Crippen LogP contribution in [0.3, 0.4) is 0 Å². The molecule has 0 aliphatic heterocycles. The minimum absolute atomic E-state index is 0.0527. The summed E-state index contributed by atoms with van der Waals surface area (Å²) < 4.78 is 0.901. The molecule has 1 aromatic heterocycles. The van der Waals surface area contributed by atoms with Gasteiger partial charge in [0.1, 0.15) is 5.82 Å². The molecule has 0 unspecified atom stereocenters. The normalized spacial score (nSPS) is 10.3. The van der Waals surface area contributed by atoms with Crippen molar-refractivity contribution < 1.29 is 4.79 Å². The van der Waals surface area contributed by atoms with E-state index in [9.17, 15) is 4.79 Å². The van der Waals surface area contributed by atoms with E-state index in [-0.39, 0.29) is 5.91 Å². The quantitative estimate of drug-likeness (QED) is 0.845. The standard InChI is InChI=1S/C15H15BrN2O/c1-10-4-5-13(11(2)8-10)15(19)18(3)14-9-12(16)6-7-17-14/h4-9H,1-3H3. The van der Waals surface area contributed by atoms with Crippen molar-refractivity contribution in [3.05, 3.63) is 57.7 Å². The molecule has 1 aromatic carbocycles. The summed E-state index contributed by atoms with van der Waals surface area (Å²) in [5.74, 6) is 0.572. The van der Waals surface area contributed by atoms with Crippen molar-refractivity contribution >= 4 is 27.7 Å². The molecule has 0 aliphatic rings. The van der Waals surface area contributed by atoms with E-state index in [0.717, 1.165) is 15.6 Å². The highest BCUT2D eigenvalue weighted by Crippen LogP contribution is 2.19. The molecule has 0 fully saturated rings. The molecule has 4 heteroatoms. The van der Waals surface area contributed by atoms with Crippen molar-refractivity contribution in [1.82, 2.24) is 4.98 Å². The third-order valence-corrected chi connectivity index (χ3v) is 3.46. The van der Waals surface area contributed by atoms with Gasteiger partial charge in [0.2, 0.25) is 0 Å². The van der Waals surface area contributed by atoms with Gasteiger partial charge >= 0.3 is 0 Å². The number of pyridine rings is 1. The molecule has 3 nitrogen and oxygen atoms in total. The summed E-state index contributed by atoms with van der Waals surface area (Å²) in [4.78, 5) is 18.2. The highest BCUT2D eigenvalue weighted by Gasteiger charge is 2.16. The van der Waals surface area contributed by atoms with Crippen LogP contribution in [0.1, 0.15) is 21.5 Å². The smallest absolute Gasteiger partial charge is 0.259 e. The monoisotopic (exact) mass is 318 g/mol. The molecule has 0 aliphatic carbocycles. The first-order valence-corrected chi connectivity index (χ1v) is 6.75. The average Bonchev–Trinajstić information content (AvgIpc) is 2.37.